The van der Waals surface area contributed by atoms with Gasteiger partial charge in [0.05, 0.1) is 21.9 Å². The van der Waals surface area contributed by atoms with Crippen LogP contribution in [0.1, 0.15) is 0 Å². The van der Waals surface area contributed by atoms with Crippen molar-refractivity contribution in [2.75, 3.05) is 6.54 Å². The van der Waals surface area contributed by atoms with E-state index in [1.165, 1.54) is 41.2 Å². The van der Waals surface area contributed by atoms with Crippen molar-refractivity contribution in [1.82, 2.24) is 14.3 Å². The van der Waals surface area contributed by atoms with Crippen LogP contribution in [0.2, 0.25) is 5.02 Å². The molecule has 6 nitrogen and oxygen atoms in total. The summed E-state index contributed by atoms with van der Waals surface area (Å²) < 4.78 is 54.1. The Hall–Kier alpha value is -2.62. The number of rotatable bonds is 6. The van der Waals surface area contributed by atoms with Gasteiger partial charge < -0.3 is 0 Å². The molecule has 0 fully saturated rings. The Morgan fingerprint density at radius 2 is 1.79 bits per heavy atom. The maximum absolute atomic E-state index is 13.2. The highest BCUT2D eigenvalue weighted by molar-refractivity contribution is 7.89. The molecular formula is C18H14ClF2N3O3S. The summed E-state index contributed by atoms with van der Waals surface area (Å²) in [6.45, 7) is -0.0570. The zero-order valence-electron chi connectivity index (χ0n) is 14.3. The van der Waals surface area contributed by atoms with Crippen LogP contribution in [0.15, 0.2) is 64.5 Å². The van der Waals surface area contributed by atoms with Crippen molar-refractivity contribution >= 4 is 21.6 Å². The Balaban J connectivity index is 1.68. The second kappa shape index (κ2) is 8.17. The predicted octanol–water partition coefficient (Wildman–Crippen LogP) is 2.82. The molecule has 0 amide bonds. The zero-order valence-corrected chi connectivity index (χ0v) is 15.8. The molecule has 0 atom stereocenters. The zero-order chi connectivity index (χ0) is 20.3. The van der Waals surface area contributed by atoms with Crippen LogP contribution in [0, 0.1) is 11.6 Å². The van der Waals surface area contributed by atoms with E-state index >= 15 is 0 Å². The summed E-state index contributed by atoms with van der Waals surface area (Å²) in [4.78, 5) is 16.2. The molecule has 0 spiro atoms. The number of benzene rings is 2. The number of hydrogen-bond donors (Lipinski definition) is 1. The van der Waals surface area contributed by atoms with Gasteiger partial charge in [0.1, 0.15) is 11.6 Å². The van der Waals surface area contributed by atoms with Crippen molar-refractivity contribution in [1.29, 1.82) is 0 Å². The number of nitrogens with zero attached hydrogens (tertiary/aromatic N) is 2. The number of nitrogens with one attached hydrogen (secondary N) is 1. The summed E-state index contributed by atoms with van der Waals surface area (Å²) in [5.74, 6) is -1.12. The van der Waals surface area contributed by atoms with Crippen molar-refractivity contribution in [3.8, 4) is 11.3 Å². The molecule has 10 heteroatoms. The molecule has 146 valence electrons. The van der Waals surface area contributed by atoms with Crippen molar-refractivity contribution in [2.45, 2.75) is 11.4 Å². The molecule has 1 heterocycles. The first-order valence-corrected chi connectivity index (χ1v) is 9.89. The first-order chi connectivity index (χ1) is 13.3. The van der Waals surface area contributed by atoms with Crippen LogP contribution in [-0.4, -0.2) is 24.5 Å². The third kappa shape index (κ3) is 4.61. The molecule has 0 radical (unpaired) electrons. The average Bonchev–Trinajstić information content (AvgIpc) is 2.65. The van der Waals surface area contributed by atoms with Gasteiger partial charge in [0.2, 0.25) is 10.0 Å². The summed E-state index contributed by atoms with van der Waals surface area (Å²) in [5.41, 5.74) is 0.570. The van der Waals surface area contributed by atoms with E-state index in [0.717, 1.165) is 18.2 Å². The molecule has 3 rings (SSSR count). The summed E-state index contributed by atoms with van der Waals surface area (Å²) in [7, 11) is -3.91. The lowest BCUT2D eigenvalue weighted by Crippen LogP contribution is -2.31. The molecule has 0 aliphatic heterocycles. The smallest absolute Gasteiger partial charge is 0.253 e. The van der Waals surface area contributed by atoms with Gasteiger partial charge in [0.25, 0.3) is 5.56 Å². The molecule has 0 aliphatic carbocycles. The van der Waals surface area contributed by atoms with Crippen molar-refractivity contribution in [3.63, 3.8) is 0 Å². The molecule has 3 aromatic rings. The molecule has 0 bridgehead atoms. The first-order valence-electron chi connectivity index (χ1n) is 8.03. The quantitative estimate of drug-likeness (QED) is 0.658. The Kier molecular flexibility index (Phi) is 5.87. The Labute approximate surface area is 164 Å². The van der Waals surface area contributed by atoms with Crippen LogP contribution in [0.4, 0.5) is 8.78 Å². The van der Waals surface area contributed by atoms with Gasteiger partial charge in [0.15, 0.2) is 0 Å². The van der Waals surface area contributed by atoms with Crippen LogP contribution >= 0.6 is 11.6 Å². The number of aromatic nitrogens is 2. The maximum atomic E-state index is 13.2. The lowest BCUT2D eigenvalue weighted by Gasteiger charge is -2.09. The second-order valence-corrected chi connectivity index (χ2v) is 7.96. The molecular weight excluding hydrogens is 412 g/mol. The lowest BCUT2D eigenvalue weighted by molar-refractivity contribution is 0.568. The molecule has 2 aromatic carbocycles. The second-order valence-electron chi connectivity index (χ2n) is 5.79. The van der Waals surface area contributed by atoms with Gasteiger partial charge in [-0.2, -0.15) is 0 Å². The van der Waals surface area contributed by atoms with Crippen LogP contribution < -0.4 is 10.3 Å². The highest BCUT2D eigenvalue weighted by Crippen LogP contribution is 2.19. The van der Waals surface area contributed by atoms with Crippen molar-refractivity contribution in [3.05, 3.63) is 81.9 Å². The molecule has 0 saturated carbocycles. The van der Waals surface area contributed by atoms with E-state index in [4.69, 9.17) is 11.6 Å². The minimum atomic E-state index is -3.91. The van der Waals surface area contributed by atoms with E-state index in [1.807, 2.05) is 0 Å². The molecule has 28 heavy (non-hydrogen) atoms. The van der Waals surface area contributed by atoms with E-state index in [2.05, 4.69) is 9.71 Å². The highest BCUT2D eigenvalue weighted by atomic mass is 35.5. The Morgan fingerprint density at radius 3 is 2.43 bits per heavy atom. The van der Waals surface area contributed by atoms with Gasteiger partial charge in [-0.3, -0.25) is 9.36 Å². The Morgan fingerprint density at radius 1 is 1.07 bits per heavy atom. The molecule has 1 aromatic heterocycles. The van der Waals surface area contributed by atoms with Gasteiger partial charge in [-0.05, 0) is 42.5 Å². The van der Waals surface area contributed by atoms with E-state index in [0.29, 0.717) is 11.3 Å². The normalized spacial score (nSPS) is 11.5. The van der Waals surface area contributed by atoms with Crippen LogP contribution in [0.5, 0.6) is 0 Å². The van der Waals surface area contributed by atoms with Gasteiger partial charge in [-0.15, -0.1) is 0 Å². The minimum Gasteiger partial charge on any atom is -0.298 e. The van der Waals surface area contributed by atoms with Gasteiger partial charge >= 0.3 is 0 Å². The predicted molar refractivity (Wildman–Crippen MR) is 100 cm³/mol. The standard InChI is InChI=1S/C18H14ClF2N3O3S/c19-15-9-14(5-6-16(15)21)28(26,27)23-7-8-24-11-22-17(10-18(24)25)12-1-3-13(20)4-2-12/h1-6,9-11,23H,7-8H2. The number of halogens is 3. The number of hydrogen-bond acceptors (Lipinski definition) is 4. The van der Waals surface area contributed by atoms with Gasteiger partial charge in [-0.1, -0.05) is 11.6 Å². The van der Waals surface area contributed by atoms with E-state index in [9.17, 15) is 22.0 Å². The third-order valence-corrected chi connectivity index (χ3v) is 5.61. The molecule has 0 unspecified atom stereocenters. The average molecular weight is 426 g/mol. The topological polar surface area (TPSA) is 81.1 Å². The SMILES string of the molecule is O=c1cc(-c2ccc(F)cc2)ncn1CCNS(=O)(=O)c1ccc(F)c(Cl)c1. The van der Waals surface area contributed by atoms with E-state index in [1.54, 1.807) is 0 Å². The summed E-state index contributed by atoms with van der Waals surface area (Å²) in [6, 6.07) is 9.87. The fourth-order valence-electron chi connectivity index (χ4n) is 2.40. The van der Waals surface area contributed by atoms with Gasteiger partial charge in [-0.25, -0.2) is 26.9 Å². The van der Waals surface area contributed by atoms with E-state index in [-0.39, 0.29) is 23.0 Å². The maximum Gasteiger partial charge on any atom is 0.253 e. The molecule has 0 saturated heterocycles. The Bertz CT molecular complexity index is 1170. The van der Waals surface area contributed by atoms with Crippen molar-refractivity contribution in [2.24, 2.45) is 0 Å². The van der Waals surface area contributed by atoms with E-state index < -0.39 is 27.2 Å². The fourth-order valence-corrected chi connectivity index (χ4v) is 3.69. The van der Waals surface area contributed by atoms with Crippen LogP contribution in [0.25, 0.3) is 11.3 Å². The third-order valence-electron chi connectivity index (χ3n) is 3.87. The highest BCUT2D eigenvalue weighted by Gasteiger charge is 2.15. The largest absolute Gasteiger partial charge is 0.298 e. The summed E-state index contributed by atoms with van der Waals surface area (Å²) in [6.07, 6.45) is 1.28. The van der Waals surface area contributed by atoms with Gasteiger partial charge in [0, 0.05) is 24.7 Å². The van der Waals surface area contributed by atoms with Crippen LogP contribution in [-0.2, 0) is 16.6 Å². The first kappa shape index (κ1) is 20.1. The minimum absolute atomic E-state index is 0.0314. The summed E-state index contributed by atoms with van der Waals surface area (Å²) >= 11 is 5.60. The number of sulfonamides is 1. The lowest BCUT2D eigenvalue weighted by atomic mass is 10.1. The fraction of sp³-hybridized carbons (Fsp3) is 0.111. The molecule has 0 aliphatic rings. The van der Waals surface area contributed by atoms with Crippen molar-refractivity contribution < 1.29 is 17.2 Å². The molecule has 1 N–H and O–H groups in total. The monoisotopic (exact) mass is 425 g/mol. The summed E-state index contributed by atoms with van der Waals surface area (Å²) in [5, 5.41) is -0.306. The van der Waals surface area contributed by atoms with Crippen LogP contribution in [0.3, 0.4) is 0 Å².